The molecule has 0 saturated heterocycles. The maximum absolute atomic E-state index is 12.2. The molecule has 0 radical (unpaired) electrons. The Labute approximate surface area is 131 Å². The van der Waals surface area contributed by atoms with Gasteiger partial charge in [0.1, 0.15) is 5.75 Å². The van der Waals surface area contributed by atoms with Gasteiger partial charge in [-0.1, -0.05) is 0 Å². The summed E-state index contributed by atoms with van der Waals surface area (Å²) in [6, 6.07) is 3.63. The Hall–Kier alpha value is -1.95. The minimum atomic E-state index is -0.871. The molecule has 0 spiro atoms. The molecule has 2 rings (SSSR count). The lowest BCUT2D eigenvalue weighted by Gasteiger charge is -2.37. The SMILES string of the molecule is CCOCCCNc1cc2c(cc1N)N(C)C(=O)C(C)(C)O2. The predicted molar refractivity (Wildman–Crippen MR) is 88.6 cm³/mol. The third-order valence-electron chi connectivity index (χ3n) is 3.66. The van der Waals surface area contributed by atoms with Crippen molar-refractivity contribution in [3.63, 3.8) is 0 Å². The van der Waals surface area contributed by atoms with Crippen molar-refractivity contribution in [2.45, 2.75) is 32.8 Å². The second kappa shape index (κ2) is 6.44. The van der Waals surface area contributed by atoms with Gasteiger partial charge in [0.15, 0.2) is 5.60 Å². The van der Waals surface area contributed by atoms with Crippen LogP contribution in [0, 0.1) is 0 Å². The van der Waals surface area contributed by atoms with Crippen molar-refractivity contribution < 1.29 is 14.3 Å². The first-order valence-electron chi connectivity index (χ1n) is 7.59. The number of fused-ring (bicyclic) bond motifs is 1. The number of nitrogens with one attached hydrogen (secondary N) is 1. The number of likely N-dealkylation sites (N-methyl/N-ethyl adjacent to an activating group) is 1. The van der Waals surface area contributed by atoms with Gasteiger partial charge in [-0.15, -0.1) is 0 Å². The fourth-order valence-electron chi connectivity index (χ4n) is 2.45. The summed E-state index contributed by atoms with van der Waals surface area (Å²) in [7, 11) is 1.74. The highest BCUT2D eigenvalue weighted by atomic mass is 16.5. The molecule has 1 aromatic carbocycles. The van der Waals surface area contributed by atoms with Crippen molar-refractivity contribution in [3.8, 4) is 5.75 Å². The number of hydrogen-bond acceptors (Lipinski definition) is 5. The highest BCUT2D eigenvalue weighted by Gasteiger charge is 2.39. The van der Waals surface area contributed by atoms with E-state index in [4.69, 9.17) is 15.2 Å². The largest absolute Gasteiger partial charge is 0.476 e. The third-order valence-corrected chi connectivity index (χ3v) is 3.66. The van der Waals surface area contributed by atoms with Crippen molar-refractivity contribution in [1.29, 1.82) is 0 Å². The maximum atomic E-state index is 12.2. The van der Waals surface area contributed by atoms with Crippen LogP contribution in [0.15, 0.2) is 12.1 Å². The first-order chi connectivity index (χ1) is 10.4. The number of amides is 1. The average Bonchev–Trinajstić information content (AvgIpc) is 2.46. The van der Waals surface area contributed by atoms with Crippen LogP contribution in [0.3, 0.4) is 0 Å². The molecule has 122 valence electrons. The van der Waals surface area contributed by atoms with Gasteiger partial charge in [-0.25, -0.2) is 0 Å². The summed E-state index contributed by atoms with van der Waals surface area (Å²) >= 11 is 0. The quantitative estimate of drug-likeness (QED) is 0.622. The monoisotopic (exact) mass is 307 g/mol. The van der Waals surface area contributed by atoms with E-state index in [1.54, 1.807) is 31.9 Å². The number of carbonyl (C=O) groups is 1. The van der Waals surface area contributed by atoms with Crippen molar-refractivity contribution in [2.75, 3.05) is 42.8 Å². The van der Waals surface area contributed by atoms with Crippen molar-refractivity contribution in [2.24, 2.45) is 0 Å². The zero-order valence-electron chi connectivity index (χ0n) is 13.7. The lowest BCUT2D eigenvalue weighted by molar-refractivity contribution is -0.132. The Balaban J connectivity index is 2.14. The minimum Gasteiger partial charge on any atom is -0.476 e. The smallest absolute Gasteiger partial charge is 0.270 e. The lowest BCUT2D eigenvalue weighted by atomic mass is 10.0. The summed E-state index contributed by atoms with van der Waals surface area (Å²) in [5.74, 6) is 0.574. The highest BCUT2D eigenvalue weighted by Crippen LogP contribution is 2.41. The van der Waals surface area contributed by atoms with E-state index in [2.05, 4.69) is 5.32 Å². The van der Waals surface area contributed by atoms with E-state index in [-0.39, 0.29) is 5.91 Å². The number of ether oxygens (including phenoxy) is 2. The molecule has 0 fully saturated rings. The molecule has 6 nitrogen and oxygen atoms in total. The van der Waals surface area contributed by atoms with Crippen LogP contribution in [-0.2, 0) is 9.53 Å². The van der Waals surface area contributed by atoms with Gasteiger partial charge < -0.3 is 25.4 Å². The number of nitrogens with zero attached hydrogens (tertiary/aromatic N) is 1. The predicted octanol–water partition coefficient (Wildman–Crippen LogP) is 2.24. The molecule has 0 unspecified atom stereocenters. The van der Waals surface area contributed by atoms with Gasteiger partial charge in [0.25, 0.3) is 5.91 Å². The number of nitrogen functional groups attached to an aromatic ring is 1. The van der Waals surface area contributed by atoms with Crippen LogP contribution in [0.5, 0.6) is 5.75 Å². The Morgan fingerprint density at radius 3 is 2.82 bits per heavy atom. The minimum absolute atomic E-state index is 0.0863. The summed E-state index contributed by atoms with van der Waals surface area (Å²) in [5, 5.41) is 3.29. The van der Waals surface area contributed by atoms with Crippen LogP contribution in [0.1, 0.15) is 27.2 Å². The molecule has 0 atom stereocenters. The zero-order chi connectivity index (χ0) is 16.3. The number of anilines is 3. The number of hydrogen-bond donors (Lipinski definition) is 2. The normalized spacial score (nSPS) is 16.2. The first kappa shape index (κ1) is 16.4. The second-order valence-corrected chi connectivity index (χ2v) is 5.86. The Morgan fingerprint density at radius 1 is 1.41 bits per heavy atom. The summed E-state index contributed by atoms with van der Waals surface area (Å²) < 4.78 is 11.1. The maximum Gasteiger partial charge on any atom is 0.270 e. The van der Waals surface area contributed by atoms with Gasteiger partial charge in [0.05, 0.1) is 17.1 Å². The summed E-state index contributed by atoms with van der Waals surface area (Å²) in [6.45, 7) is 7.72. The van der Waals surface area contributed by atoms with E-state index >= 15 is 0 Å². The van der Waals surface area contributed by atoms with Gasteiger partial charge in [-0.3, -0.25) is 4.79 Å². The number of carbonyl (C=O) groups excluding carboxylic acids is 1. The van der Waals surface area contributed by atoms with E-state index < -0.39 is 5.60 Å². The molecule has 0 aliphatic carbocycles. The molecule has 1 heterocycles. The third kappa shape index (κ3) is 3.27. The molecule has 3 N–H and O–H groups in total. The zero-order valence-corrected chi connectivity index (χ0v) is 13.7. The Kier molecular flexibility index (Phi) is 4.81. The fourth-order valence-corrected chi connectivity index (χ4v) is 2.45. The Morgan fingerprint density at radius 2 is 2.14 bits per heavy atom. The van der Waals surface area contributed by atoms with E-state index in [1.807, 2.05) is 13.0 Å². The molecule has 0 saturated carbocycles. The molecule has 1 aliphatic rings. The topological polar surface area (TPSA) is 76.8 Å². The van der Waals surface area contributed by atoms with E-state index in [0.717, 1.165) is 31.9 Å². The van der Waals surface area contributed by atoms with E-state index in [9.17, 15) is 4.79 Å². The second-order valence-electron chi connectivity index (χ2n) is 5.86. The van der Waals surface area contributed by atoms with Crippen molar-refractivity contribution in [3.05, 3.63) is 12.1 Å². The van der Waals surface area contributed by atoms with Gasteiger partial charge >= 0.3 is 0 Å². The molecule has 1 amide bonds. The van der Waals surface area contributed by atoms with Crippen LogP contribution in [0.25, 0.3) is 0 Å². The van der Waals surface area contributed by atoms with Crippen LogP contribution in [-0.4, -0.2) is 38.3 Å². The Bertz CT molecular complexity index is 558. The van der Waals surface area contributed by atoms with Crippen LogP contribution >= 0.6 is 0 Å². The van der Waals surface area contributed by atoms with Crippen molar-refractivity contribution >= 4 is 23.0 Å². The average molecular weight is 307 g/mol. The fraction of sp³-hybridized carbons (Fsp3) is 0.562. The summed E-state index contributed by atoms with van der Waals surface area (Å²) in [6.07, 6.45) is 0.898. The summed E-state index contributed by atoms with van der Waals surface area (Å²) in [4.78, 5) is 13.8. The van der Waals surface area contributed by atoms with E-state index in [1.165, 1.54) is 0 Å². The van der Waals surface area contributed by atoms with Gasteiger partial charge in [-0.2, -0.15) is 0 Å². The number of rotatable bonds is 6. The molecule has 22 heavy (non-hydrogen) atoms. The molecule has 0 bridgehead atoms. The van der Waals surface area contributed by atoms with E-state index in [0.29, 0.717) is 17.1 Å². The van der Waals surface area contributed by atoms with Gasteiger partial charge in [-0.05, 0) is 33.3 Å². The molecule has 0 aromatic heterocycles. The first-order valence-corrected chi connectivity index (χ1v) is 7.59. The standard InChI is InChI=1S/C16H25N3O3/c1-5-21-8-6-7-18-12-10-14-13(9-11(12)17)19(4)15(20)16(2,3)22-14/h9-10,18H,5-8,17H2,1-4H3. The van der Waals surface area contributed by atoms with Crippen molar-refractivity contribution in [1.82, 2.24) is 0 Å². The molecule has 1 aliphatic heterocycles. The van der Waals surface area contributed by atoms with Gasteiger partial charge in [0.2, 0.25) is 0 Å². The van der Waals surface area contributed by atoms with Crippen LogP contribution in [0.2, 0.25) is 0 Å². The van der Waals surface area contributed by atoms with Crippen LogP contribution < -0.4 is 20.7 Å². The lowest BCUT2D eigenvalue weighted by Crippen LogP contribution is -2.50. The molecule has 6 heteroatoms. The van der Waals surface area contributed by atoms with Gasteiger partial charge in [0, 0.05) is 32.9 Å². The number of nitrogens with two attached hydrogens (primary N) is 1. The summed E-state index contributed by atoms with van der Waals surface area (Å²) in [5.41, 5.74) is 7.31. The molecular formula is C16H25N3O3. The number of benzene rings is 1. The molecule has 1 aromatic rings. The van der Waals surface area contributed by atoms with Crippen LogP contribution in [0.4, 0.5) is 17.1 Å². The highest BCUT2D eigenvalue weighted by molar-refractivity contribution is 6.03. The molecular weight excluding hydrogens is 282 g/mol.